The summed E-state index contributed by atoms with van der Waals surface area (Å²) < 4.78 is 42.7. The molecular weight excluding hydrogens is 269 g/mol. The van der Waals surface area contributed by atoms with Crippen molar-refractivity contribution in [3.05, 3.63) is 17.5 Å². The van der Waals surface area contributed by atoms with Gasteiger partial charge in [0, 0.05) is 6.20 Å². The minimum absolute atomic E-state index is 0.0789. The first-order valence-electron chi connectivity index (χ1n) is 4.93. The standard InChI is InChI=1S/C9H9F3N4O3/c1-2-19-7(17)5-3-13-8(14-4-15-18)16-6(5)9(10,11)12/h3-4,18H,2H2,1H3,(H,13,14,15,16). The van der Waals surface area contributed by atoms with E-state index in [9.17, 15) is 18.0 Å². The van der Waals surface area contributed by atoms with Gasteiger partial charge in [-0.05, 0) is 6.92 Å². The maximum Gasteiger partial charge on any atom is 0.434 e. The third-order valence-electron chi connectivity index (χ3n) is 1.78. The van der Waals surface area contributed by atoms with Crippen molar-refractivity contribution in [1.29, 1.82) is 0 Å². The van der Waals surface area contributed by atoms with Gasteiger partial charge in [-0.1, -0.05) is 0 Å². The zero-order valence-corrected chi connectivity index (χ0v) is 9.60. The van der Waals surface area contributed by atoms with Crippen LogP contribution in [0.2, 0.25) is 0 Å². The van der Waals surface area contributed by atoms with E-state index < -0.39 is 29.4 Å². The molecule has 0 unspecified atom stereocenters. The second-order valence-electron chi connectivity index (χ2n) is 3.04. The maximum absolute atomic E-state index is 12.7. The summed E-state index contributed by atoms with van der Waals surface area (Å²) in [6.45, 7) is 1.38. The molecule has 104 valence electrons. The molecule has 7 nitrogen and oxygen atoms in total. The summed E-state index contributed by atoms with van der Waals surface area (Å²) in [6.07, 6.45) is -3.51. The number of nitrogens with one attached hydrogen (secondary N) is 1. The number of nitrogens with zero attached hydrogens (tertiary/aromatic N) is 3. The highest BCUT2D eigenvalue weighted by molar-refractivity contribution is 5.90. The first-order chi connectivity index (χ1) is 8.90. The number of hydrogen-bond donors (Lipinski definition) is 2. The normalized spacial score (nSPS) is 11.6. The molecule has 1 aromatic rings. The Bertz CT molecular complexity index is 490. The molecule has 0 aliphatic carbocycles. The lowest BCUT2D eigenvalue weighted by molar-refractivity contribution is -0.141. The number of carbonyl (C=O) groups excluding carboxylic acids is 1. The van der Waals surface area contributed by atoms with E-state index in [-0.39, 0.29) is 6.61 Å². The minimum Gasteiger partial charge on any atom is -0.462 e. The molecule has 1 rings (SSSR count). The molecule has 0 aliphatic heterocycles. The highest BCUT2D eigenvalue weighted by Gasteiger charge is 2.38. The highest BCUT2D eigenvalue weighted by Crippen LogP contribution is 2.31. The molecule has 2 N–H and O–H groups in total. The van der Waals surface area contributed by atoms with Crippen molar-refractivity contribution in [2.45, 2.75) is 13.1 Å². The van der Waals surface area contributed by atoms with Crippen molar-refractivity contribution in [3.63, 3.8) is 0 Å². The van der Waals surface area contributed by atoms with Crippen LogP contribution in [-0.4, -0.2) is 34.1 Å². The van der Waals surface area contributed by atoms with Gasteiger partial charge in [0.15, 0.2) is 5.69 Å². The van der Waals surface area contributed by atoms with E-state index in [1.54, 1.807) is 0 Å². The Morgan fingerprint density at radius 2 is 2.32 bits per heavy atom. The van der Waals surface area contributed by atoms with Crippen molar-refractivity contribution in [3.8, 4) is 0 Å². The average molecular weight is 278 g/mol. The molecule has 1 heterocycles. The molecule has 0 spiro atoms. The van der Waals surface area contributed by atoms with Crippen LogP contribution in [0, 0.1) is 0 Å². The van der Waals surface area contributed by atoms with E-state index in [0.717, 1.165) is 0 Å². The second kappa shape index (κ2) is 6.09. The summed E-state index contributed by atoms with van der Waals surface area (Å²) in [4.78, 5) is 21.2. The summed E-state index contributed by atoms with van der Waals surface area (Å²) in [7, 11) is 0. The number of rotatable bonds is 4. The summed E-state index contributed by atoms with van der Waals surface area (Å²) in [5, 5.41) is 8.22. The predicted octanol–water partition coefficient (Wildman–Crippen LogP) is 1.31. The SMILES string of the molecule is CCOC(=O)c1cnc(/N=C/NO)nc1C(F)(F)F. The van der Waals surface area contributed by atoms with Crippen LogP contribution in [0.4, 0.5) is 19.1 Å². The van der Waals surface area contributed by atoms with Crippen molar-refractivity contribution in [2.24, 2.45) is 4.99 Å². The number of halogens is 3. The number of esters is 1. The Morgan fingerprint density at radius 1 is 1.63 bits per heavy atom. The van der Waals surface area contributed by atoms with E-state index >= 15 is 0 Å². The largest absolute Gasteiger partial charge is 0.462 e. The molecular formula is C9H9F3N4O3. The summed E-state index contributed by atoms with van der Waals surface area (Å²) in [5.74, 6) is -1.74. The Balaban J connectivity index is 3.25. The van der Waals surface area contributed by atoms with Crippen LogP contribution in [0.3, 0.4) is 0 Å². The van der Waals surface area contributed by atoms with Crippen molar-refractivity contribution in [1.82, 2.24) is 15.4 Å². The molecule has 10 heteroatoms. The monoisotopic (exact) mass is 278 g/mol. The summed E-state index contributed by atoms with van der Waals surface area (Å²) in [6, 6.07) is 0. The Labute approximate surface area is 105 Å². The predicted molar refractivity (Wildman–Crippen MR) is 56.1 cm³/mol. The molecule has 0 radical (unpaired) electrons. The van der Waals surface area contributed by atoms with Gasteiger partial charge in [0.25, 0.3) is 5.95 Å². The maximum atomic E-state index is 12.7. The smallest absolute Gasteiger partial charge is 0.434 e. The van der Waals surface area contributed by atoms with Gasteiger partial charge in [-0.2, -0.15) is 18.2 Å². The number of aliphatic imine (C=N–C) groups is 1. The van der Waals surface area contributed by atoms with Crippen LogP contribution < -0.4 is 5.48 Å². The van der Waals surface area contributed by atoms with Gasteiger partial charge in [0.2, 0.25) is 0 Å². The zero-order chi connectivity index (χ0) is 14.5. The highest BCUT2D eigenvalue weighted by atomic mass is 19.4. The minimum atomic E-state index is -4.86. The fourth-order valence-corrected chi connectivity index (χ4v) is 1.10. The van der Waals surface area contributed by atoms with E-state index in [0.29, 0.717) is 12.5 Å². The van der Waals surface area contributed by atoms with Gasteiger partial charge in [-0.3, -0.25) is 10.7 Å². The molecule has 0 saturated heterocycles. The molecule has 0 aliphatic rings. The lowest BCUT2D eigenvalue weighted by Crippen LogP contribution is -2.18. The van der Waals surface area contributed by atoms with Gasteiger partial charge in [-0.15, -0.1) is 0 Å². The lowest BCUT2D eigenvalue weighted by Gasteiger charge is -2.10. The fourth-order valence-electron chi connectivity index (χ4n) is 1.10. The molecule has 0 amide bonds. The third-order valence-corrected chi connectivity index (χ3v) is 1.78. The van der Waals surface area contributed by atoms with E-state index in [1.807, 2.05) is 0 Å². The number of hydroxylamine groups is 1. The first-order valence-corrected chi connectivity index (χ1v) is 4.93. The number of aromatic nitrogens is 2. The number of alkyl halides is 3. The van der Waals surface area contributed by atoms with Crippen LogP contribution in [-0.2, 0) is 10.9 Å². The number of hydrogen-bond acceptors (Lipinski definition) is 6. The van der Waals surface area contributed by atoms with Crippen molar-refractivity contribution < 1.29 is 27.9 Å². The van der Waals surface area contributed by atoms with Crippen molar-refractivity contribution in [2.75, 3.05) is 6.61 Å². The number of carbonyl (C=O) groups is 1. The fraction of sp³-hybridized carbons (Fsp3) is 0.333. The molecule has 0 fully saturated rings. The summed E-state index contributed by atoms with van der Waals surface area (Å²) >= 11 is 0. The van der Waals surface area contributed by atoms with Crippen molar-refractivity contribution >= 4 is 18.3 Å². The topological polar surface area (TPSA) is 96.7 Å². The van der Waals surface area contributed by atoms with Gasteiger partial charge in [0.1, 0.15) is 11.9 Å². The van der Waals surface area contributed by atoms with Gasteiger partial charge >= 0.3 is 12.1 Å². The van der Waals surface area contributed by atoms with Crippen LogP contribution >= 0.6 is 0 Å². The number of ether oxygens (including phenoxy) is 1. The van der Waals surface area contributed by atoms with Crippen LogP contribution in [0.25, 0.3) is 0 Å². The van der Waals surface area contributed by atoms with E-state index in [2.05, 4.69) is 19.7 Å². The quantitative estimate of drug-likeness (QED) is 0.373. The lowest BCUT2D eigenvalue weighted by atomic mass is 10.2. The second-order valence-corrected chi connectivity index (χ2v) is 3.04. The molecule has 0 bridgehead atoms. The molecule has 0 saturated carbocycles. The Morgan fingerprint density at radius 3 is 2.84 bits per heavy atom. The average Bonchev–Trinajstić information content (AvgIpc) is 2.35. The zero-order valence-electron chi connectivity index (χ0n) is 9.60. The van der Waals surface area contributed by atoms with Gasteiger partial charge in [-0.25, -0.2) is 14.8 Å². The molecule has 0 atom stereocenters. The van der Waals surface area contributed by atoms with Crippen LogP contribution in [0.5, 0.6) is 0 Å². The Kier molecular flexibility index (Phi) is 4.75. The molecule has 0 aromatic carbocycles. The van der Waals surface area contributed by atoms with Crippen LogP contribution in [0.15, 0.2) is 11.2 Å². The first kappa shape index (κ1) is 14.8. The van der Waals surface area contributed by atoms with Gasteiger partial charge < -0.3 is 4.74 Å². The third kappa shape index (κ3) is 3.88. The van der Waals surface area contributed by atoms with Gasteiger partial charge in [0.05, 0.1) is 6.61 Å². The Hall–Kier alpha value is -2.23. The molecule has 19 heavy (non-hydrogen) atoms. The molecule has 1 aromatic heterocycles. The summed E-state index contributed by atoms with van der Waals surface area (Å²) in [5.41, 5.74) is -0.766. The van der Waals surface area contributed by atoms with Crippen LogP contribution in [0.1, 0.15) is 23.0 Å². The van der Waals surface area contributed by atoms with E-state index in [4.69, 9.17) is 5.21 Å². The van der Waals surface area contributed by atoms with E-state index in [1.165, 1.54) is 12.4 Å².